The zero-order valence-corrected chi connectivity index (χ0v) is 11.4. The number of ether oxygens (including phenoxy) is 1. The molecule has 0 spiro atoms. The number of piperidine rings is 1. The summed E-state index contributed by atoms with van der Waals surface area (Å²) in [5, 5.41) is 3.25. The monoisotopic (exact) mass is 242 g/mol. The van der Waals surface area contributed by atoms with E-state index in [2.05, 4.69) is 19.2 Å². The van der Waals surface area contributed by atoms with Gasteiger partial charge in [-0.25, -0.2) is 0 Å². The molecule has 0 aromatic rings. The van der Waals surface area contributed by atoms with E-state index < -0.39 is 0 Å². The molecule has 1 rings (SSSR count). The van der Waals surface area contributed by atoms with Crippen LogP contribution in [0.4, 0.5) is 0 Å². The van der Waals surface area contributed by atoms with E-state index in [1.165, 1.54) is 6.42 Å². The van der Waals surface area contributed by atoms with E-state index in [9.17, 15) is 4.79 Å². The molecule has 4 heteroatoms. The lowest BCUT2D eigenvalue weighted by Gasteiger charge is -2.32. The Morgan fingerprint density at radius 1 is 1.53 bits per heavy atom. The van der Waals surface area contributed by atoms with Gasteiger partial charge >= 0.3 is 0 Å². The smallest absolute Gasteiger partial charge is 0.224 e. The van der Waals surface area contributed by atoms with Crippen molar-refractivity contribution in [1.82, 2.24) is 10.2 Å². The van der Waals surface area contributed by atoms with Gasteiger partial charge in [0, 0.05) is 25.7 Å². The molecular formula is C13H26N2O2. The first kappa shape index (κ1) is 14.5. The third-order valence-electron chi connectivity index (χ3n) is 3.09. The first-order valence-electron chi connectivity index (χ1n) is 6.66. The van der Waals surface area contributed by atoms with Gasteiger partial charge in [0.2, 0.25) is 5.91 Å². The lowest BCUT2D eigenvalue weighted by atomic mass is 10.1. The average molecular weight is 242 g/mol. The average Bonchev–Trinajstić information content (AvgIpc) is 2.34. The van der Waals surface area contributed by atoms with E-state index >= 15 is 0 Å². The fourth-order valence-electron chi connectivity index (χ4n) is 2.08. The zero-order valence-electron chi connectivity index (χ0n) is 11.4. The van der Waals surface area contributed by atoms with Crippen LogP contribution in [0, 0.1) is 5.92 Å². The Bertz CT molecular complexity index is 231. The van der Waals surface area contributed by atoms with Gasteiger partial charge in [0.05, 0.1) is 13.0 Å². The Balaban J connectivity index is 2.18. The van der Waals surface area contributed by atoms with Crippen molar-refractivity contribution in [2.75, 3.05) is 33.4 Å². The molecule has 0 aromatic carbocycles. The van der Waals surface area contributed by atoms with Crippen LogP contribution in [0.15, 0.2) is 0 Å². The minimum atomic E-state index is 0.230. The minimum Gasteiger partial charge on any atom is -0.381 e. The standard InChI is InChI=1S/C13H26N2O2/c1-11(2)10-17-8-6-13(16)15-7-4-5-12(9-15)14-3/h11-12,14H,4-10H2,1-3H3. The number of carbonyl (C=O) groups is 1. The molecule has 1 atom stereocenters. The van der Waals surface area contributed by atoms with E-state index in [1.807, 2.05) is 11.9 Å². The third kappa shape index (κ3) is 5.50. The van der Waals surface area contributed by atoms with Crippen LogP contribution in [0.1, 0.15) is 33.1 Å². The van der Waals surface area contributed by atoms with Crippen LogP contribution in [0.2, 0.25) is 0 Å². The summed E-state index contributed by atoms with van der Waals surface area (Å²) in [5.74, 6) is 0.766. The first-order valence-corrected chi connectivity index (χ1v) is 6.66. The van der Waals surface area contributed by atoms with Crippen molar-refractivity contribution in [2.45, 2.75) is 39.2 Å². The van der Waals surface area contributed by atoms with Crippen molar-refractivity contribution < 1.29 is 9.53 Å². The molecule has 0 aromatic heterocycles. The maximum Gasteiger partial charge on any atom is 0.224 e. The summed E-state index contributed by atoms with van der Waals surface area (Å²) in [5.41, 5.74) is 0. The molecule has 1 aliphatic heterocycles. The van der Waals surface area contributed by atoms with Crippen LogP contribution in [-0.4, -0.2) is 50.2 Å². The summed E-state index contributed by atoms with van der Waals surface area (Å²) in [4.78, 5) is 13.9. The van der Waals surface area contributed by atoms with Gasteiger partial charge in [0.15, 0.2) is 0 Å². The molecule has 0 radical (unpaired) electrons. The number of rotatable bonds is 6. The van der Waals surface area contributed by atoms with E-state index in [0.29, 0.717) is 25.0 Å². The summed E-state index contributed by atoms with van der Waals surface area (Å²) in [6, 6.07) is 0.462. The molecule has 1 heterocycles. The van der Waals surface area contributed by atoms with E-state index in [1.54, 1.807) is 0 Å². The van der Waals surface area contributed by atoms with Crippen LogP contribution in [0.25, 0.3) is 0 Å². The van der Waals surface area contributed by atoms with Gasteiger partial charge in [0.25, 0.3) is 0 Å². The zero-order chi connectivity index (χ0) is 12.7. The lowest BCUT2D eigenvalue weighted by molar-refractivity contribution is -0.133. The number of hydrogen-bond acceptors (Lipinski definition) is 3. The first-order chi connectivity index (χ1) is 8.13. The summed E-state index contributed by atoms with van der Waals surface area (Å²) in [6.45, 7) is 7.28. The van der Waals surface area contributed by atoms with E-state index in [4.69, 9.17) is 4.74 Å². The summed E-state index contributed by atoms with van der Waals surface area (Å²) >= 11 is 0. The molecule has 100 valence electrons. The molecule has 1 N–H and O–H groups in total. The lowest BCUT2D eigenvalue weighted by Crippen LogP contribution is -2.47. The van der Waals surface area contributed by atoms with Crippen molar-refractivity contribution in [3.05, 3.63) is 0 Å². The molecule has 1 aliphatic rings. The Labute approximate surface area is 105 Å². The second-order valence-corrected chi connectivity index (χ2v) is 5.19. The molecular weight excluding hydrogens is 216 g/mol. The highest BCUT2D eigenvalue weighted by atomic mass is 16.5. The van der Waals surface area contributed by atoms with E-state index in [0.717, 1.165) is 26.1 Å². The highest BCUT2D eigenvalue weighted by Crippen LogP contribution is 2.10. The molecule has 1 unspecified atom stereocenters. The van der Waals surface area contributed by atoms with Crippen LogP contribution >= 0.6 is 0 Å². The Morgan fingerprint density at radius 2 is 2.29 bits per heavy atom. The summed E-state index contributed by atoms with van der Waals surface area (Å²) in [7, 11) is 1.96. The van der Waals surface area contributed by atoms with Crippen LogP contribution in [0.5, 0.6) is 0 Å². The van der Waals surface area contributed by atoms with Gasteiger partial charge in [-0.2, -0.15) is 0 Å². The number of amides is 1. The fraction of sp³-hybridized carbons (Fsp3) is 0.923. The van der Waals surface area contributed by atoms with E-state index in [-0.39, 0.29) is 5.91 Å². The molecule has 1 amide bonds. The maximum atomic E-state index is 11.9. The van der Waals surface area contributed by atoms with Gasteiger partial charge in [-0.3, -0.25) is 4.79 Å². The SMILES string of the molecule is CNC1CCCN(C(=O)CCOCC(C)C)C1. The van der Waals surface area contributed by atoms with Gasteiger partial charge in [0.1, 0.15) is 0 Å². The molecule has 17 heavy (non-hydrogen) atoms. The second kappa shape index (κ2) is 7.67. The van der Waals surface area contributed by atoms with Crippen molar-refractivity contribution in [2.24, 2.45) is 5.92 Å². The highest BCUT2D eigenvalue weighted by Gasteiger charge is 2.21. The van der Waals surface area contributed by atoms with Crippen LogP contribution in [0.3, 0.4) is 0 Å². The molecule has 0 aliphatic carbocycles. The molecule has 0 bridgehead atoms. The van der Waals surface area contributed by atoms with Crippen molar-refractivity contribution in [3.8, 4) is 0 Å². The van der Waals surface area contributed by atoms with Crippen LogP contribution < -0.4 is 5.32 Å². The predicted molar refractivity (Wildman–Crippen MR) is 68.9 cm³/mol. The number of hydrogen-bond donors (Lipinski definition) is 1. The van der Waals surface area contributed by atoms with Crippen molar-refractivity contribution in [3.63, 3.8) is 0 Å². The number of likely N-dealkylation sites (N-methyl/N-ethyl adjacent to an activating group) is 1. The molecule has 1 fully saturated rings. The highest BCUT2D eigenvalue weighted by molar-refractivity contribution is 5.76. The van der Waals surface area contributed by atoms with Crippen molar-refractivity contribution >= 4 is 5.91 Å². The Kier molecular flexibility index (Phi) is 6.52. The number of likely N-dealkylation sites (tertiary alicyclic amines) is 1. The van der Waals surface area contributed by atoms with Gasteiger partial charge in [-0.05, 0) is 25.8 Å². The summed E-state index contributed by atoms with van der Waals surface area (Å²) < 4.78 is 5.45. The van der Waals surface area contributed by atoms with Crippen molar-refractivity contribution in [1.29, 1.82) is 0 Å². The number of nitrogens with zero attached hydrogens (tertiary/aromatic N) is 1. The number of nitrogens with one attached hydrogen (secondary N) is 1. The quantitative estimate of drug-likeness (QED) is 0.713. The number of carbonyl (C=O) groups excluding carboxylic acids is 1. The molecule has 0 saturated carbocycles. The Hall–Kier alpha value is -0.610. The topological polar surface area (TPSA) is 41.6 Å². The normalized spacial score (nSPS) is 20.9. The van der Waals surface area contributed by atoms with Gasteiger partial charge in [-0.15, -0.1) is 0 Å². The summed E-state index contributed by atoms with van der Waals surface area (Å²) in [6.07, 6.45) is 2.79. The maximum absolute atomic E-state index is 11.9. The third-order valence-corrected chi connectivity index (χ3v) is 3.09. The fourth-order valence-corrected chi connectivity index (χ4v) is 2.08. The largest absolute Gasteiger partial charge is 0.381 e. The minimum absolute atomic E-state index is 0.230. The Morgan fingerprint density at radius 3 is 2.94 bits per heavy atom. The second-order valence-electron chi connectivity index (χ2n) is 5.19. The molecule has 1 saturated heterocycles. The van der Waals surface area contributed by atoms with Crippen LogP contribution in [-0.2, 0) is 9.53 Å². The predicted octanol–water partition coefficient (Wildman–Crippen LogP) is 1.26. The molecule has 4 nitrogen and oxygen atoms in total. The van der Waals surface area contributed by atoms with Gasteiger partial charge in [-0.1, -0.05) is 13.8 Å². The van der Waals surface area contributed by atoms with Gasteiger partial charge < -0.3 is 15.0 Å².